The quantitative estimate of drug-likeness (QED) is 0.744. The van der Waals surface area contributed by atoms with Crippen LogP contribution in [-0.4, -0.2) is 44.8 Å². The lowest BCUT2D eigenvalue weighted by Gasteiger charge is -2.15. The third-order valence-electron chi connectivity index (χ3n) is 4.74. The lowest BCUT2D eigenvalue weighted by molar-refractivity contribution is 0.0792. The van der Waals surface area contributed by atoms with Crippen molar-refractivity contribution in [1.82, 2.24) is 19.9 Å². The molecule has 1 aromatic heterocycles. The molecule has 0 atom stereocenters. The fourth-order valence-corrected chi connectivity index (χ4v) is 3.24. The van der Waals surface area contributed by atoms with Gasteiger partial charge in [0.1, 0.15) is 0 Å². The number of carbonyl (C=O) groups is 2. The predicted octanol–water partition coefficient (Wildman–Crippen LogP) is 2.81. The van der Waals surface area contributed by atoms with E-state index in [9.17, 15) is 9.59 Å². The highest BCUT2D eigenvalue weighted by Crippen LogP contribution is 2.16. The number of benzene rings is 2. The monoisotopic (exact) mass is 375 g/mol. The van der Waals surface area contributed by atoms with Gasteiger partial charge in [-0.05, 0) is 42.7 Å². The summed E-state index contributed by atoms with van der Waals surface area (Å²) < 4.78 is 1.63. The Hall–Kier alpha value is -3.48. The highest BCUT2D eigenvalue weighted by atomic mass is 16.2. The van der Waals surface area contributed by atoms with Crippen LogP contribution in [0.3, 0.4) is 0 Å². The molecule has 7 heteroatoms. The fraction of sp³-hybridized carbons (Fsp3) is 0.238. The molecular weight excluding hydrogens is 354 g/mol. The van der Waals surface area contributed by atoms with Gasteiger partial charge >= 0.3 is 0 Å². The standard InChI is InChI=1S/C21H21N5O2/c27-20(19-15-26(24-23-19)14-16-6-2-1-3-7-16)22-18-10-8-17(9-11-18)21(28)25-12-4-5-13-25/h1-3,6-11,15H,4-5,12-14H2,(H,22,27). The zero-order valence-electron chi connectivity index (χ0n) is 15.4. The normalized spacial score (nSPS) is 13.5. The molecule has 28 heavy (non-hydrogen) atoms. The molecule has 142 valence electrons. The Kier molecular flexibility index (Phi) is 5.14. The SMILES string of the molecule is O=C(Nc1ccc(C(=O)N2CCCC2)cc1)c1cn(Cc2ccccc2)nn1. The van der Waals surface area contributed by atoms with E-state index >= 15 is 0 Å². The van der Waals surface area contributed by atoms with E-state index < -0.39 is 0 Å². The van der Waals surface area contributed by atoms with Crippen molar-refractivity contribution in [3.63, 3.8) is 0 Å². The lowest BCUT2D eigenvalue weighted by atomic mass is 10.2. The molecule has 1 saturated heterocycles. The summed E-state index contributed by atoms with van der Waals surface area (Å²) in [6.07, 6.45) is 3.74. The summed E-state index contributed by atoms with van der Waals surface area (Å²) in [5.41, 5.74) is 2.57. The number of amides is 2. The van der Waals surface area contributed by atoms with Crippen LogP contribution in [0.25, 0.3) is 0 Å². The number of carbonyl (C=O) groups excluding carboxylic acids is 2. The number of nitrogens with one attached hydrogen (secondary N) is 1. The van der Waals surface area contributed by atoms with Gasteiger partial charge in [-0.25, -0.2) is 4.68 Å². The number of rotatable bonds is 5. The van der Waals surface area contributed by atoms with Crippen LogP contribution in [0.5, 0.6) is 0 Å². The molecule has 1 fully saturated rings. The smallest absolute Gasteiger partial charge is 0.277 e. The largest absolute Gasteiger partial charge is 0.339 e. The summed E-state index contributed by atoms with van der Waals surface area (Å²) >= 11 is 0. The van der Waals surface area contributed by atoms with Gasteiger partial charge in [-0.3, -0.25) is 9.59 Å². The first-order valence-corrected chi connectivity index (χ1v) is 9.34. The second-order valence-electron chi connectivity index (χ2n) is 6.82. The Bertz CT molecular complexity index is 960. The molecular formula is C21H21N5O2. The summed E-state index contributed by atoms with van der Waals surface area (Å²) in [6, 6.07) is 16.8. The molecule has 0 spiro atoms. The van der Waals surface area contributed by atoms with Gasteiger partial charge in [0.15, 0.2) is 5.69 Å². The van der Waals surface area contributed by atoms with Gasteiger partial charge in [-0.15, -0.1) is 5.10 Å². The van der Waals surface area contributed by atoms with Gasteiger partial charge in [0.05, 0.1) is 12.7 Å². The van der Waals surface area contributed by atoms with Gasteiger partial charge in [0.2, 0.25) is 0 Å². The third kappa shape index (κ3) is 4.09. The molecule has 2 heterocycles. The van der Waals surface area contributed by atoms with Crippen molar-refractivity contribution in [2.45, 2.75) is 19.4 Å². The minimum atomic E-state index is -0.335. The molecule has 1 aliphatic heterocycles. The summed E-state index contributed by atoms with van der Waals surface area (Å²) in [5, 5.41) is 10.7. The molecule has 2 amide bonds. The minimum absolute atomic E-state index is 0.0410. The fourth-order valence-electron chi connectivity index (χ4n) is 3.24. The molecule has 0 radical (unpaired) electrons. The number of likely N-dealkylation sites (tertiary alicyclic amines) is 1. The first kappa shape index (κ1) is 17.9. The number of anilines is 1. The van der Waals surface area contributed by atoms with E-state index in [0.717, 1.165) is 31.5 Å². The second kappa shape index (κ2) is 8.04. The van der Waals surface area contributed by atoms with E-state index in [1.54, 1.807) is 35.1 Å². The number of hydrogen-bond donors (Lipinski definition) is 1. The molecule has 0 unspecified atom stereocenters. The maximum atomic E-state index is 12.4. The Morgan fingerprint density at radius 2 is 1.68 bits per heavy atom. The van der Waals surface area contributed by atoms with Crippen molar-refractivity contribution in [1.29, 1.82) is 0 Å². The van der Waals surface area contributed by atoms with Crippen LogP contribution < -0.4 is 5.32 Å². The average molecular weight is 375 g/mol. The van der Waals surface area contributed by atoms with Crippen molar-refractivity contribution >= 4 is 17.5 Å². The van der Waals surface area contributed by atoms with Crippen LogP contribution >= 0.6 is 0 Å². The summed E-state index contributed by atoms with van der Waals surface area (Å²) in [4.78, 5) is 26.6. The van der Waals surface area contributed by atoms with E-state index in [1.807, 2.05) is 35.2 Å². The highest BCUT2D eigenvalue weighted by molar-refractivity contribution is 6.03. The summed E-state index contributed by atoms with van der Waals surface area (Å²) in [5.74, 6) is -0.294. The second-order valence-corrected chi connectivity index (χ2v) is 6.82. The molecule has 2 aromatic carbocycles. The van der Waals surface area contributed by atoms with E-state index in [-0.39, 0.29) is 17.5 Å². The number of nitrogens with zero attached hydrogens (tertiary/aromatic N) is 4. The topological polar surface area (TPSA) is 80.1 Å². The molecule has 1 N–H and O–H groups in total. The highest BCUT2D eigenvalue weighted by Gasteiger charge is 2.19. The van der Waals surface area contributed by atoms with E-state index in [1.165, 1.54) is 0 Å². The maximum Gasteiger partial charge on any atom is 0.277 e. The number of hydrogen-bond acceptors (Lipinski definition) is 4. The van der Waals surface area contributed by atoms with Gasteiger partial charge in [-0.1, -0.05) is 35.5 Å². The first-order chi connectivity index (χ1) is 13.7. The molecule has 4 rings (SSSR count). The maximum absolute atomic E-state index is 12.4. The Morgan fingerprint density at radius 1 is 0.964 bits per heavy atom. The lowest BCUT2D eigenvalue weighted by Crippen LogP contribution is -2.27. The summed E-state index contributed by atoms with van der Waals surface area (Å²) in [6.45, 7) is 2.18. The van der Waals surface area contributed by atoms with E-state index in [4.69, 9.17) is 0 Å². The van der Waals surface area contributed by atoms with Crippen molar-refractivity contribution in [2.24, 2.45) is 0 Å². The van der Waals surface area contributed by atoms with Gasteiger partial charge in [-0.2, -0.15) is 0 Å². The molecule has 1 aliphatic rings. The van der Waals surface area contributed by atoms with Crippen LogP contribution in [0.2, 0.25) is 0 Å². The van der Waals surface area contributed by atoms with Crippen molar-refractivity contribution in [3.8, 4) is 0 Å². The van der Waals surface area contributed by atoms with Crippen molar-refractivity contribution < 1.29 is 9.59 Å². The van der Waals surface area contributed by atoms with Crippen LogP contribution in [0.15, 0.2) is 60.8 Å². The Labute approximate surface area is 163 Å². The predicted molar refractivity (Wildman–Crippen MR) is 105 cm³/mol. The zero-order valence-corrected chi connectivity index (χ0v) is 15.4. The van der Waals surface area contributed by atoms with Crippen molar-refractivity contribution in [3.05, 3.63) is 77.6 Å². The van der Waals surface area contributed by atoms with E-state index in [2.05, 4.69) is 15.6 Å². The van der Waals surface area contributed by atoms with Crippen LogP contribution in [0, 0.1) is 0 Å². The molecule has 0 aliphatic carbocycles. The molecule has 0 bridgehead atoms. The zero-order chi connectivity index (χ0) is 19.3. The molecule has 0 saturated carbocycles. The van der Waals surface area contributed by atoms with Crippen LogP contribution in [0.4, 0.5) is 5.69 Å². The Morgan fingerprint density at radius 3 is 2.39 bits per heavy atom. The summed E-state index contributed by atoms with van der Waals surface area (Å²) in [7, 11) is 0. The minimum Gasteiger partial charge on any atom is -0.339 e. The van der Waals surface area contributed by atoms with Crippen LogP contribution in [-0.2, 0) is 6.54 Å². The van der Waals surface area contributed by atoms with Gasteiger partial charge < -0.3 is 10.2 Å². The Balaban J connectivity index is 1.37. The first-order valence-electron chi connectivity index (χ1n) is 9.34. The van der Waals surface area contributed by atoms with Gasteiger partial charge in [0.25, 0.3) is 11.8 Å². The van der Waals surface area contributed by atoms with E-state index in [0.29, 0.717) is 17.8 Å². The number of aromatic nitrogens is 3. The van der Waals surface area contributed by atoms with Crippen molar-refractivity contribution in [2.75, 3.05) is 18.4 Å². The molecule has 3 aromatic rings. The van der Waals surface area contributed by atoms with Gasteiger partial charge in [0, 0.05) is 24.3 Å². The molecule has 7 nitrogen and oxygen atoms in total. The van der Waals surface area contributed by atoms with Crippen LogP contribution in [0.1, 0.15) is 39.3 Å². The average Bonchev–Trinajstić information content (AvgIpc) is 3.41. The third-order valence-corrected chi connectivity index (χ3v) is 4.74.